The Labute approximate surface area is 204 Å². The van der Waals surface area contributed by atoms with Gasteiger partial charge >= 0.3 is 5.63 Å². The van der Waals surface area contributed by atoms with Gasteiger partial charge in [-0.3, -0.25) is 0 Å². The highest BCUT2D eigenvalue weighted by molar-refractivity contribution is 6.74. The molecular formula is C28H40O5Si. The molecule has 0 aliphatic carbocycles. The number of phenols is 1. The van der Waals surface area contributed by atoms with Gasteiger partial charge in [0.15, 0.2) is 13.9 Å². The van der Waals surface area contributed by atoms with E-state index in [4.69, 9.17) is 13.6 Å². The molecule has 0 amide bonds. The van der Waals surface area contributed by atoms with Crippen molar-refractivity contribution in [2.75, 3.05) is 0 Å². The van der Waals surface area contributed by atoms with Crippen molar-refractivity contribution in [2.45, 2.75) is 91.1 Å². The molecule has 1 aromatic heterocycles. The Bertz CT molecular complexity index is 1180. The first-order valence-corrected chi connectivity index (χ1v) is 15.1. The molecular weight excluding hydrogens is 444 g/mol. The maximum absolute atomic E-state index is 12.7. The molecule has 0 fully saturated rings. The Kier molecular flexibility index (Phi) is 6.99. The van der Waals surface area contributed by atoms with Crippen LogP contribution in [-0.2, 0) is 10.8 Å². The lowest BCUT2D eigenvalue weighted by Gasteiger charge is -2.41. The molecule has 0 saturated carbocycles. The molecule has 0 saturated heterocycles. The van der Waals surface area contributed by atoms with E-state index in [1.165, 1.54) is 0 Å². The molecule has 0 bridgehead atoms. The van der Waals surface area contributed by atoms with Crippen molar-refractivity contribution in [1.29, 1.82) is 0 Å². The number of benzene rings is 1. The average Bonchev–Trinajstić information content (AvgIpc) is 2.70. The van der Waals surface area contributed by atoms with E-state index in [1.54, 1.807) is 6.07 Å². The molecule has 186 valence electrons. The van der Waals surface area contributed by atoms with Crippen LogP contribution in [0.1, 0.15) is 77.7 Å². The minimum absolute atomic E-state index is 0.0310. The maximum atomic E-state index is 12.7. The standard InChI is InChI=1S/C28H40O5Si/c1-11-13-18-16-20(29)31-26-21(18)25-19(14-15-28(7,8)32-25)23(30)22(26)24(17(3)12-2)33-34(9,10)27(4,5)6/h12,14-17,24,30H,2,11,13H2,1,3-10H3/t17-,24+/m0/s1. The second kappa shape index (κ2) is 9.04. The Morgan fingerprint density at radius 3 is 2.50 bits per heavy atom. The van der Waals surface area contributed by atoms with Crippen LogP contribution in [0.4, 0.5) is 0 Å². The van der Waals surface area contributed by atoms with E-state index >= 15 is 0 Å². The average molecular weight is 485 g/mol. The maximum Gasteiger partial charge on any atom is 0.336 e. The number of aromatic hydroxyl groups is 1. The number of fused-ring (bicyclic) bond motifs is 3. The van der Waals surface area contributed by atoms with Gasteiger partial charge < -0.3 is 18.7 Å². The SMILES string of the molecule is C=C[C@H](C)[C@@H](O[Si](C)(C)C(C)(C)C)c1c(O)c2c(c3c(CCC)cc(=O)oc13)OC(C)(C)C=C2. The Morgan fingerprint density at radius 1 is 1.29 bits per heavy atom. The van der Waals surface area contributed by atoms with Crippen LogP contribution in [0.2, 0.25) is 18.1 Å². The van der Waals surface area contributed by atoms with Crippen molar-refractivity contribution in [1.82, 2.24) is 0 Å². The normalized spacial score (nSPS) is 17.2. The first-order chi connectivity index (χ1) is 15.6. The third-order valence-corrected chi connectivity index (χ3v) is 11.6. The van der Waals surface area contributed by atoms with E-state index < -0.39 is 25.6 Å². The molecule has 1 N–H and O–H groups in total. The van der Waals surface area contributed by atoms with Gasteiger partial charge in [0.05, 0.1) is 22.6 Å². The molecule has 1 aromatic carbocycles. The minimum atomic E-state index is -2.27. The van der Waals surface area contributed by atoms with Crippen LogP contribution >= 0.6 is 0 Å². The van der Waals surface area contributed by atoms with Gasteiger partial charge in [0, 0.05) is 12.0 Å². The van der Waals surface area contributed by atoms with Gasteiger partial charge in [0.25, 0.3) is 0 Å². The summed E-state index contributed by atoms with van der Waals surface area (Å²) in [6.45, 7) is 22.9. The van der Waals surface area contributed by atoms with E-state index in [0.717, 1.165) is 17.4 Å². The van der Waals surface area contributed by atoms with Gasteiger partial charge in [-0.25, -0.2) is 4.79 Å². The zero-order chi connectivity index (χ0) is 25.6. The van der Waals surface area contributed by atoms with Crippen molar-refractivity contribution in [3.8, 4) is 11.5 Å². The monoisotopic (exact) mass is 484 g/mol. The highest BCUT2D eigenvalue weighted by atomic mass is 28.4. The van der Waals surface area contributed by atoms with Crippen molar-refractivity contribution in [2.24, 2.45) is 5.92 Å². The zero-order valence-electron chi connectivity index (χ0n) is 22.2. The lowest BCUT2D eigenvalue weighted by molar-refractivity contribution is 0.143. The fraction of sp³-hybridized carbons (Fsp3) is 0.536. The Morgan fingerprint density at radius 2 is 1.94 bits per heavy atom. The third kappa shape index (κ3) is 4.75. The topological polar surface area (TPSA) is 68.9 Å². The molecule has 1 aliphatic rings. The summed E-state index contributed by atoms with van der Waals surface area (Å²) in [5.74, 6) is 0.447. The van der Waals surface area contributed by atoms with E-state index in [-0.39, 0.29) is 16.7 Å². The summed E-state index contributed by atoms with van der Waals surface area (Å²) >= 11 is 0. The molecule has 34 heavy (non-hydrogen) atoms. The fourth-order valence-electron chi connectivity index (χ4n) is 4.09. The quantitative estimate of drug-likeness (QED) is 0.250. The summed E-state index contributed by atoms with van der Waals surface area (Å²) in [6.07, 6.45) is 6.68. The number of phenolic OH excluding ortho intramolecular Hbond substituents is 1. The highest BCUT2D eigenvalue weighted by Gasteiger charge is 2.42. The van der Waals surface area contributed by atoms with Gasteiger partial charge in [-0.15, -0.1) is 6.58 Å². The van der Waals surface area contributed by atoms with Gasteiger partial charge in [-0.2, -0.15) is 0 Å². The molecule has 2 atom stereocenters. The van der Waals surface area contributed by atoms with Crippen molar-refractivity contribution in [3.63, 3.8) is 0 Å². The first-order valence-electron chi connectivity index (χ1n) is 12.2. The summed E-state index contributed by atoms with van der Waals surface area (Å²) in [5.41, 5.74) is 1.28. The number of hydrogen-bond acceptors (Lipinski definition) is 5. The number of hydrogen-bond donors (Lipinski definition) is 1. The van der Waals surface area contributed by atoms with Crippen LogP contribution in [0.25, 0.3) is 17.0 Å². The van der Waals surface area contributed by atoms with Crippen LogP contribution in [0.15, 0.2) is 34.0 Å². The smallest absolute Gasteiger partial charge is 0.336 e. The predicted octanol–water partition coefficient (Wildman–Crippen LogP) is 7.52. The summed E-state index contributed by atoms with van der Waals surface area (Å²) in [5, 5.41) is 12.3. The summed E-state index contributed by atoms with van der Waals surface area (Å²) in [6, 6.07) is 1.54. The van der Waals surface area contributed by atoms with E-state index in [1.807, 2.05) is 39.0 Å². The molecule has 0 radical (unpaired) electrons. The van der Waals surface area contributed by atoms with Gasteiger partial charge in [0.1, 0.15) is 17.1 Å². The molecule has 0 spiro atoms. The molecule has 2 aromatic rings. The summed E-state index contributed by atoms with van der Waals surface area (Å²) < 4.78 is 19.1. The van der Waals surface area contributed by atoms with Crippen LogP contribution in [0, 0.1) is 5.92 Å². The molecule has 1 aliphatic heterocycles. The largest absolute Gasteiger partial charge is 0.507 e. The Hall–Kier alpha value is -2.31. The fourth-order valence-corrected chi connectivity index (χ4v) is 5.41. The highest BCUT2D eigenvalue weighted by Crippen LogP contribution is 2.51. The predicted molar refractivity (Wildman–Crippen MR) is 142 cm³/mol. The molecule has 2 heterocycles. The van der Waals surface area contributed by atoms with Gasteiger partial charge in [-0.05, 0) is 56.1 Å². The van der Waals surface area contributed by atoms with E-state index in [0.29, 0.717) is 28.9 Å². The molecule has 5 nitrogen and oxygen atoms in total. The van der Waals surface area contributed by atoms with Crippen LogP contribution in [0.5, 0.6) is 11.5 Å². The third-order valence-electron chi connectivity index (χ3n) is 7.17. The lowest BCUT2D eigenvalue weighted by atomic mass is 9.89. The van der Waals surface area contributed by atoms with Crippen molar-refractivity contribution >= 4 is 25.4 Å². The summed E-state index contributed by atoms with van der Waals surface area (Å²) in [7, 11) is -2.27. The zero-order valence-corrected chi connectivity index (χ0v) is 23.2. The number of ether oxygens (including phenoxy) is 1. The van der Waals surface area contributed by atoms with Crippen LogP contribution in [-0.4, -0.2) is 19.0 Å². The molecule has 3 rings (SSSR count). The van der Waals surface area contributed by atoms with Crippen molar-refractivity contribution in [3.05, 3.63) is 51.9 Å². The van der Waals surface area contributed by atoms with Crippen LogP contribution in [0.3, 0.4) is 0 Å². The second-order valence-corrected chi connectivity index (χ2v) is 16.2. The summed E-state index contributed by atoms with van der Waals surface area (Å²) in [4.78, 5) is 12.7. The van der Waals surface area contributed by atoms with E-state index in [2.05, 4.69) is 47.4 Å². The minimum Gasteiger partial charge on any atom is -0.507 e. The molecule has 0 unspecified atom stereocenters. The van der Waals surface area contributed by atoms with Gasteiger partial charge in [-0.1, -0.05) is 47.1 Å². The second-order valence-electron chi connectivity index (χ2n) is 11.5. The van der Waals surface area contributed by atoms with Gasteiger partial charge in [0.2, 0.25) is 0 Å². The van der Waals surface area contributed by atoms with E-state index in [9.17, 15) is 9.90 Å². The number of aryl methyl sites for hydroxylation is 1. The van der Waals surface area contributed by atoms with Crippen LogP contribution < -0.4 is 10.4 Å². The van der Waals surface area contributed by atoms with Crippen molar-refractivity contribution < 1.29 is 18.7 Å². The number of rotatable bonds is 7. The first kappa shape index (κ1) is 26.3. The molecule has 6 heteroatoms. The lowest BCUT2D eigenvalue weighted by Crippen LogP contribution is -2.42. The Balaban J connectivity index is 2.46.